The Kier molecular flexibility index (Phi) is 9.29. The molecule has 1 aromatic heterocycles. The number of hydrogen-bond acceptors (Lipinski definition) is 5. The minimum Gasteiger partial charge on any atom is -0.465 e. The van der Waals surface area contributed by atoms with Gasteiger partial charge in [-0.25, -0.2) is 4.79 Å². The van der Waals surface area contributed by atoms with Gasteiger partial charge in [0.2, 0.25) is 5.91 Å². The minimum atomic E-state index is -0.601. The van der Waals surface area contributed by atoms with Crippen molar-refractivity contribution in [1.29, 1.82) is 0 Å². The van der Waals surface area contributed by atoms with Gasteiger partial charge >= 0.3 is 5.97 Å². The lowest BCUT2D eigenvalue weighted by molar-refractivity contribution is -0.128. The van der Waals surface area contributed by atoms with Gasteiger partial charge in [0, 0.05) is 29.8 Å². The predicted molar refractivity (Wildman–Crippen MR) is 131 cm³/mol. The zero-order chi connectivity index (χ0) is 23.6. The van der Waals surface area contributed by atoms with Crippen LogP contribution in [0.15, 0.2) is 54.6 Å². The van der Waals surface area contributed by atoms with E-state index in [9.17, 15) is 14.7 Å². The van der Waals surface area contributed by atoms with Gasteiger partial charge < -0.3 is 14.7 Å². The maximum atomic E-state index is 12.4. The van der Waals surface area contributed by atoms with Crippen LogP contribution in [-0.2, 0) is 16.0 Å². The molecule has 1 fully saturated rings. The van der Waals surface area contributed by atoms with Crippen LogP contribution < -0.4 is 0 Å². The number of likely N-dealkylation sites (tertiary alicyclic amines) is 1. The van der Waals surface area contributed by atoms with E-state index in [1.54, 1.807) is 6.07 Å². The molecule has 1 amide bonds. The van der Waals surface area contributed by atoms with Crippen LogP contribution in [0.1, 0.15) is 52.7 Å². The summed E-state index contributed by atoms with van der Waals surface area (Å²) in [5.74, 6) is 6.12. The number of amides is 1. The standard InChI is InChI=1S/C27H31NO4S/c1-20(8-6-11-21-9-4-3-5-10-21)24(29)16-13-22-14-18-26(30)28(22)19-7-12-23-15-17-25(33-23)27(31)32-2/h3-5,9-10,13,15-17,20,22,24,29H,7-8,12,14,18-19H2,1-2H3/t20-,22?,24+/m0/s1. The molecule has 5 nitrogen and oxygen atoms in total. The molecule has 0 radical (unpaired) electrons. The maximum absolute atomic E-state index is 12.4. The number of hydrogen-bond donors (Lipinski definition) is 1. The Morgan fingerprint density at radius 3 is 2.85 bits per heavy atom. The number of carbonyl (C=O) groups excluding carboxylic acids is 2. The summed E-state index contributed by atoms with van der Waals surface area (Å²) in [6.07, 6.45) is 6.72. The van der Waals surface area contributed by atoms with Crippen LogP contribution in [0.4, 0.5) is 0 Å². The molecule has 2 aromatic rings. The molecule has 0 spiro atoms. The first-order valence-electron chi connectivity index (χ1n) is 11.3. The maximum Gasteiger partial charge on any atom is 0.348 e. The summed E-state index contributed by atoms with van der Waals surface area (Å²) in [5.41, 5.74) is 0.971. The molecule has 0 bridgehead atoms. The molecule has 3 rings (SSSR count). The third-order valence-electron chi connectivity index (χ3n) is 5.79. The van der Waals surface area contributed by atoms with Crippen LogP contribution >= 0.6 is 11.3 Å². The first-order chi connectivity index (χ1) is 16.0. The van der Waals surface area contributed by atoms with Crippen molar-refractivity contribution in [1.82, 2.24) is 4.90 Å². The number of thiophene rings is 1. The third-order valence-corrected chi connectivity index (χ3v) is 6.91. The Labute approximate surface area is 200 Å². The number of esters is 1. The topological polar surface area (TPSA) is 66.8 Å². The van der Waals surface area contributed by atoms with Gasteiger partial charge in [-0.15, -0.1) is 11.3 Å². The monoisotopic (exact) mass is 465 g/mol. The van der Waals surface area contributed by atoms with Gasteiger partial charge in [0.15, 0.2) is 0 Å². The van der Waals surface area contributed by atoms with Crippen molar-refractivity contribution in [3.05, 3.63) is 69.9 Å². The van der Waals surface area contributed by atoms with E-state index in [2.05, 4.69) is 11.8 Å². The number of benzene rings is 1. The van der Waals surface area contributed by atoms with E-state index in [1.165, 1.54) is 18.4 Å². The van der Waals surface area contributed by atoms with Crippen LogP contribution in [0.25, 0.3) is 0 Å². The number of aryl methyl sites for hydroxylation is 1. The number of nitrogens with zero attached hydrogens (tertiary/aromatic N) is 1. The summed E-state index contributed by atoms with van der Waals surface area (Å²) in [6, 6.07) is 13.6. The van der Waals surface area contributed by atoms with Gasteiger partial charge in [-0.2, -0.15) is 0 Å². The summed E-state index contributed by atoms with van der Waals surface area (Å²) in [5, 5.41) is 10.5. The van der Waals surface area contributed by atoms with Crippen molar-refractivity contribution in [2.24, 2.45) is 5.92 Å². The quantitative estimate of drug-likeness (QED) is 0.337. The first kappa shape index (κ1) is 24.8. The molecular formula is C27H31NO4S. The van der Waals surface area contributed by atoms with Gasteiger partial charge in [-0.3, -0.25) is 4.79 Å². The highest BCUT2D eigenvalue weighted by molar-refractivity contribution is 7.13. The number of methoxy groups -OCH3 is 1. The Bertz CT molecular complexity index is 1020. The summed E-state index contributed by atoms with van der Waals surface area (Å²) in [6.45, 7) is 2.64. The normalized spacial score (nSPS) is 17.6. The van der Waals surface area contributed by atoms with Crippen molar-refractivity contribution >= 4 is 23.2 Å². The highest BCUT2D eigenvalue weighted by Crippen LogP contribution is 2.23. The van der Waals surface area contributed by atoms with Crippen molar-refractivity contribution in [3.8, 4) is 11.8 Å². The average Bonchev–Trinajstić information content (AvgIpc) is 3.44. The van der Waals surface area contributed by atoms with E-state index in [-0.39, 0.29) is 23.8 Å². The van der Waals surface area contributed by atoms with Crippen LogP contribution in [0.2, 0.25) is 0 Å². The summed E-state index contributed by atoms with van der Waals surface area (Å²) in [4.78, 5) is 27.6. The molecule has 0 aliphatic carbocycles. The second-order valence-corrected chi connectivity index (χ2v) is 9.45. The number of carbonyl (C=O) groups is 2. The van der Waals surface area contributed by atoms with Crippen LogP contribution in [0.5, 0.6) is 0 Å². The fourth-order valence-electron chi connectivity index (χ4n) is 3.78. The lowest BCUT2D eigenvalue weighted by atomic mass is 9.99. The van der Waals surface area contributed by atoms with E-state index >= 15 is 0 Å². The summed E-state index contributed by atoms with van der Waals surface area (Å²) < 4.78 is 4.75. The number of ether oxygens (including phenoxy) is 1. The third kappa shape index (κ3) is 7.31. The smallest absolute Gasteiger partial charge is 0.348 e. The zero-order valence-corrected chi connectivity index (χ0v) is 20.0. The molecule has 2 heterocycles. The van der Waals surface area contributed by atoms with Gasteiger partial charge in [-0.1, -0.05) is 49.1 Å². The van der Waals surface area contributed by atoms with E-state index in [4.69, 9.17) is 4.74 Å². The second kappa shape index (κ2) is 12.4. The number of aliphatic hydroxyl groups excluding tert-OH is 1. The molecule has 1 aromatic carbocycles. The minimum absolute atomic E-state index is 0.00542. The average molecular weight is 466 g/mol. The van der Waals surface area contributed by atoms with Crippen LogP contribution in [0.3, 0.4) is 0 Å². The molecule has 1 aliphatic heterocycles. The highest BCUT2D eigenvalue weighted by atomic mass is 32.1. The fraction of sp³-hybridized carbons (Fsp3) is 0.407. The molecule has 1 saturated heterocycles. The van der Waals surface area contributed by atoms with Crippen molar-refractivity contribution in [2.45, 2.75) is 51.2 Å². The van der Waals surface area contributed by atoms with E-state index < -0.39 is 6.10 Å². The Morgan fingerprint density at radius 1 is 1.30 bits per heavy atom. The van der Waals surface area contributed by atoms with E-state index in [1.807, 2.05) is 60.4 Å². The molecule has 33 heavy (non-hydrogen) atoms. The highest BCUT2D eigenvalue weighted by Gasteiger charge is 2.28. The van der Waals surface area contributed by atoms with E-state index in [0.29, 0.717) is 24.3 Å². The summed E-state index contributed by atoms with van der Waals surface area (Å²) in [7, 11) is 1.38. The van der Waals surface area contributed by atoms with Gasteiger partial charge in [0.25, 0.3) is 0 Å². The number of aliphatic hydroxyl groups is 1. The van der Waals surface area contributed by atoms with Crippen molar-refractivity contribution < 1.29 is 19.4 Å². The largest absolute Gasteiger partial charge is 0.465 e. The van der Waals surface area contributed by atoms with Gasteiger partial charge in [0.1, 0.15) is 4.88 Å². The first-order valence-corrected chi connectivity index (χ1v) is 12.2. The molecular weight excluding hydrogens is 434 g/mol. The summed E-state index contributed by atoms with van der Waals surface area (Å²) >= 11 is 1.44. The Hall–Kier alpha value is -2.88. The Balaban J connectivity index is 1.47. The second-order valence-electron chi connectivity index (χ2n) is 8.28. The molecule has 1 aliphatic rings. The lowest BCUT2D eigenvalue weighted by Gasteiger charge is -2.23. The van der Waals surface area contributed by atoms with Gasteiger partial charge in [0.05, 0.1) is 19.3 Å². The molecule has 0 saturated carbocycles. The zero-order valence-electron chi connectivity index (χ0n) is 19.2. The molecule has 6 heteroatoms. The van der Waals surface area contributed by atoms with Gasteiger partial charge in [-0.05, 0) is 49.4 Å². The van der Waals surface area contributed by atoms with Crippen molar-refractivity contribution in [2.75, 3.05) is 13.7 Å². The van der Waals surface area contributed by atoms with Crippen LogP contribution in [0, 0.1) is 17.8 Å². The molecule has 174 valence electrons. The lowest BCUT2D eigenvalue weighted by Crippen LogP contribution is -2.33. The molecule has 1 N–H and O–H groups in total. The van der Waals surface area contributed by atoms with E-state index in [0.717, 1.165) is 29.7 Å². The Morgan fingerprint density at radius 2 is 2.09 bits per heavy atom. The fourth-order valence-corrected chi connectivity index (χ4v) is 4.75. The number of rotatable bonds is 9. The predicted octanol–water partition coefficient (Wildman–Crippen LogP) is 4.45. The van der Waals surface area contributed by atoms with Crippen LogP contribution in [-0.4, -0.2) is 47.7 Å². The molecule has 1 unspecified atom stereocenters. The molecule has 3 atom stereocenters. The van der Waals surface area contributed by atoms with Crippen molar-refractivity contribution in [3.63, 3.8) is 0 Å². The SMILES string of the molecule is COC(=O)c1ccc(CCCN2C(=O)CCC2C=C[C@@H](O)[C@@H](C)CC#Cc2ccccc2)s1.